The molecule has 2 fully saturated rings. The summed E-state index contributed by atoms with van der Waals surface area (Å²) in [7, 11) is -3.52. The number of hydrogen-bond donors (Lipinski definition) is 0. The van der Waals surface area contributed by atoms with Gasteiger partial charge in [-0.25, -0.2) is 8.42 Å². The standard InChI is InChI=1S/C22H28N4O4S/c1-15-5-4-10-26(12-15)31(27,28)19-8-6-18(7-9-19)21-24-20(11-23)22(30-21)25-13-16(2)29-17(3)14-25/h6-9,15-17H,4-5,10,12-14H2,1-3H3/t15-,16-,17+/m1/s1. The van der Waals surface area contributed by atoms with E-state index in [-0.39, 0.29) is 22.8 Å². The van der Waals surface area contributed by atoms with Crippen molar-refractivity contribution in [1.29, 1.82) is 5.26 Å². The first-order chi connectivity index (χ1) is 14.8. The van der Waals surface area contributed by atoms with Crippen LogP contribution >= 0.6 is 0 Å². The Labute approximate surface area is 183 Å². The van der Waals surface area contributed by atoms with Crippen LogP contribution < -0.4 is 4.90 Å². The molecule has 0 spiro atoms. The number of sulfonamides is 1. The second-order valence-corrected chi connectivity index (χ2v) is 10.5. The van der Waals surface area contributed by atoms with Crippen molar-refractivity contribution in [3.05, 3.63) is 30.0 Å². The van der Waals surface area contributed by atoms with Gasteiger partial charge in [0.2, 0.25) is 27.5 Å². The molecular weight excluding hydrogens is 416 g/mol. The Morgan fingerprint density at radius 1 is 1.10 bits per heavy atom. The van der Waals surface area contributed by atoms with Crippen molar-refractivity contribution in [2.24, 2.45) is 5.92 Å². The molecule has 4 rings (SSSR count). The van der Waals surface area contributed by atoms with Crippen molar-refractivity contribution in [3.8, 4) is 17.5 Å². The lowest BCUT2D eigenvalue weighted by Gasteiger charge is -2.34. The number of rotatable bonds is 4. The van der Waals surface area contributed by atoms with E-state index < -0.39 is 10.0 Å². The second-order valence-electron chi connectivity index (χ2n) is 8.58. The number of aromatic nitrogens is 1. The fourth-order valence-electron chi connectivity index (χ4n) is 4.35. The summed E-state index contributed by atoms with van der Waals surface area (Å²) in [6.45, 7) is 8.36. The molecule has 2 aromatic rings. The van der Waals surface area contributed by atoms with E-state index in [1.165, 1.54) is 0 Å². The van der Waals surface area contributed by atoms with Crippen molar-refractivity contribution in [2.75, 3.05) is 31.1 Å². The van der Waals surface area contributed by atoms with E-state index in [9.17, 15) is 13.7 Å². The quantitative estimate of drug-likeness (QED) is 0.714. The highest BCUT2D eigenvalue weighted by Gasteiger charge is 2.30. The molecule has 0 amide bonds. The van der Waals surface area contributed by atoms with Crippen LogP contribution in [0.2, 0.25) is 0 Å². The van der Waals surface area contributed by atoms with E-state index in [1.807, 2.05) is 18.7 Å². The first kappa shape index (κ1) is 21.8. The Balaban J connectivity index is 1.58. The van der Waals surface area contributed by atoms with Crippen LogP contribution in [0.4, 0.5) is 5.88 Å². The first-order valence-electron chi connectivity index (χ1n) is 10.7. The Hall–Kier alpha value is -2.41. The maximum Gasteiger partial charge on any atom is 0.243 e. The van der Waals surface area contributed by atoms with E-state index in [2.05, 4.69) is 18.0 Å². The number of oxazole rings is 1. The molecule has 0 N–H and O–H groups in total. The van der Waals surface area contributed by atoms with Gasteiger partial charge in [-0.2, -0.15) is 14.6 Å². The lowest BCUT2D eigenvalue weighted by molar-refractivity contribution is -0.00638. The average molecular weight is 445 g/mol. The Morgan fingerprint density at radius 2 is 1.77 bits per heavy atom. The number of nitrogens with zero attached hydrogens (tertiary/aromatic N) is 4. The number of piperidine rings is 1. The largest absolute Gasteiger partial charge is 0.419 e. The third kappa shape index (κ3) is 4.47. The topological polar surface area (TPSA) is 99.7 Å². The summed E-state index contributed by atoms with van der Waals surface area (Å²) >= 11 is 0. The zero-order chi connectivity index (χ0) is 22.2. The zero-order valence-electron chi connectivity index (χ0n) is 18.1. The summed E-state index contributed by atoms with van der Waals surface area (Å²) < 4.78 is 39.2. The number of hydrogen-bond acceptors (Lipinski definition) is 7. The minimum absolute atomic E-state index is 0.0193. The van der Waals surface area contributed by atoms with Crippen LogP contribution in [0.15, 0.2) is 33.6 Å². The molecule has 1 aromatic heterocycles. The molecule has 2 aliphatic rings. The first-order valence-corrected chi connectivity index (χ1v) is 12.1. The highest BCUT2D eigenvalue weighted by molar-refractivity contribution is 7.89. The molecule has 31 heavy (non-hydrogen) atoms. The minimum atomic E-state index is -3.52. The molecule has 0 unspecified atom stereocenters. The molecule has 9 heteroatoms. The minimum Gasteiger partial charge on any atom is -0.419 e. The van der Waals surface area contributed by atoms with Gasteiger partial charge in [0, 0.05) is 31.7 Å². The van der Waals surface area contributed by atoms with E-state index in [0.717, 1.165) is 12.8 Å². The van der Waals surface area contributed by atoms with Gasteiger partial charge in [0.1, 0.15) is 6.07 Å². The van der Waals surface area contributed by atoms with Gasteiger partial charge in [0.15, 0.2) is 0 Å². The Morgan fingerprint density at radius 3 is 2.39 bits per heavy atom. The van der Waals surface area contributed by atoms with Gasteiger partial charge in [0.05, 0.1) is 17.1 Å². The molecular formula is C22H28N4O4S. The predicted octanol–water partition coefficient (Wildman–Crippen LogP) is 3.25. The molecule has 166 valence electrons. The molecule has 3 heterocycles. The van der Waals surface area contributed by atoms with E-state index in [1.54, 1.807) is 28.6 Å². The van der Waals surface area contributed by atoms with Gasteiger partial charge < -0.3 is 14.1 Å². The monoisotopic (exact) mass is 444 g/mol. The second kappa shape index (κ2) is 8.61. The highest BCUT2D eigenvalue weighted by Crippen LogP contribution is 2.31. The van der Waals surface area contributed by atoms with Crippen molar-refractivity contribution >= 4 is 15.9 Å². The van der Waals surface area contributed by atoms with Gasteiger partial charge >= 0.3 is 0 Å². The van der Waals surface area contributed by atoms with Crippen LogP contribution in [0.1, 0.15) is 39.3 Å². The van der Waals surface area contributed by atoms with E-state index in [0.29, 0.717) is 49.4 Å². The SMILES string of the molecule is C[C@@H]1CCCN(S(=O)(=O)c2ccc(-c3nc(C#N)c(N4C[C@@H](C)O[C@@H](C)C4)o3)cc2)C1. The van der Waals surface area contributed by atoms with Crippen molar-refractivity contribution in [2.45, 2.75) is 50.7 Å². The number of nitriles is 1. The van der Waals surface area contributed by atoms with E-state index >= 15 is 0 Å². The smallest absolute Gasteiger partial charge is 0.243 e. The maximum absolute atomic E-state index is 13.0. The Kier molecular flexibility index (Phi) is 6.06. The van der Waals surface area contributed by atoms with Crippen LogP contribution in [0.25, 0.3) is 11.5 Å². The molecule has 2 aliphatic heterocycles. The average Bonchev–Trinajstić information content (AvgIpc) is 3.18. The third-order valence-corrected chi connectivity index (χ3v) is 7.66. The summed E-state index contributed by atoms with van der Waals surface area (Å²) in [5.41, 5.74) is 0.846. The lowest BCUT2D eigenvalue weighted by Crippen LogP contribution is -2.45. The maximum atomic E-state index is 13.0. The van der Waals surface area contributed by atoms with Gasteiger partial charge in [-0.05, 0) is 56.9 Å². The molecule has 1 aromatic carbocycles. The predicted molar refractivity (Wildman–Crippen MR) is 116 cm³/mol. The van der Waals surface area contributed by atoms with Gasteiger partial charge in [0.25, 0.3) is 0 Å². The number of ether oxygens (including phenoxy) is 1. The van der Waals surface area contributed by atoms with Crippen molar-refractivity contribution in [1.82, 2.24) is 9.29 Å². The van der Waals surface area contributed by atoms with Gasteiger partial charge in [-0.15, -0.1) is 0 Å². The van der Waals surface area contributed by atoms with Crippen molar-refractivity contribution in [3.63, 3.8) is 0 Å². The summed E-state index contributed by atoms with van der Waals surface area (Å²) in [5.74, 6) is 1.09. The van der Waals surface area contributed by atoms with Crippen LogP contribution in [0.5, 0.6) is 0 Å². The van der Waals surface area contributed by atoms with Crippen LogP contribution in [-0.2, 0) is 14.8 Å². The highest BCUT2D eigenvalue weighted by atomic mass is 32.2. The van der Waals surface area contributed by atoms with Gasteiger partial charge in [-0.1, -0.05) is 6.92 Å². The lowest BCUT2D eigenvalue weighted by atomic mass is 10.0. The summed E-state index contributed by atoms with van der Waals surface area (Å²) in [6.07, 6.45) is 1.98. The number of benzene rings is 1. The fourth-order valence-corrected chi connectivity index (χ4v) is 5.95. The number of anilines is 1. The zero-order valence-corrected chi connectivity index (χ0v) is 18.9. The van der Waals surface area contributed by atoms with Crippen LogP contribution in [0, 0.1) is 17.2 Å². The van der Waals surface area contributed by atoms with Crippen LogP contribution in [-0.4, -0.2) is 56.1 Å². The van der Waals surface area contributed by atoms with Gasteiger partial charge in [-0.3, -0.25) is 0 Å². The summed E-state index contributed by atoms with van der Waals surface area (Å²) in [5, 5.41) is 9.54. The molecule has 0 aliphatic carbocycles. The van der Waals surface area contributed by atoms with Crippen molar-refractivity contribution < 1.29 is 17.6 Å². The molecule has 3 atom stereocenters. The summed E-state index contributed by atoms with van der Waals surface area (Å²) in [6, 6.07) is 8.63. The Bertz CT molecular complexity index is 1060. The molecule has 2 saturated heterocycles. The third-order valence-electron chi connectivity index (χ3n) is 5.78. The summed E-state index contributed by atoms with van der Waals surface area (Å²) in [4.78, 5) is 6.58. The molecule has 0 bridgehead atoms. The normalized spacial score (nSPS) is 25.4. The molecule has 0 radical (unpaired) electrons. The fraction of sp³-hybridized carbons (Fsp3) is 0.545. The molecule has 0 saturated carbocycles. The molecule has 8 nitrogen and oxygen atoms in total. The van der Waals surface area contributed by atoms with E-state index in [4.69, 9.17) is 9.15 Å². The van der Waals surface area contributed by atoms with Crippen LogP contribution in [0.3, 0.4) is 0 Å². The number of morpholine rings is 1.